The Hall–Kier alpha value is -2.63. The van der Waals surface area contributed by atoms with Gasteiger partial charge in [0.25, 0.3) is 5.91 Å². The molecule has 0 saturated carbocycles. The molecular weight excluding hydrogens is 285 g/mol. The summed E-state index contributed by atoms with van der Waals surface area (Å²) in [6, 6.07) is 7.42. The summed E-state index contributed by atoms with van der Waals surface area (Å²) in [5.41, 5.74) is 6.52. The zero-order valence-electron chi connectivity index (χ0n) is 12.5. The summed E-state index contributed by atoms with van der Waals surface area (Å²) < 4.78 is 19.0. The second-order valence-corrected chi connectivity index (χ2v) is 4.79. The third kappa shape index (κ3) is 3.72. The molecule has 0 fully saturated rings. The first-order valence-corrected chi connectivity index (χ1v) is 6.96. The van der Waals surface area contributed by atoms with Crippen molar-refractivity contribution in [2.24, 2.45) is 0 Å². The molecule has 1 aromatic heterocycles. The van der Waals surface area contributed by atoms with Crippen LogP contribution in [0.25, 0.3) is 0 Å². The van der Waals surface area contributed by atoms with Gasteiger partial charge in [0, 0.05) is 6.20 Å². The number of carbonyl (C=O) groups excluding carboxylic acids is 1. The predicted molar refractivity (Wildman–Crippen MR) is 82.1 cm³/mol. The van der Waals surface area contributed by atoms with Crippen molar-refractivity contribution in [3.8, 4) is 5.75 Å². The number of nitrogens with two attached hydrogens (primary N) is 1. The minimum absolute atomic E-state index is 0.201. The average Bonchev–Trinajstić information content (AvgIpc) is 2.50. The second kappa shape index (κ2) is 6.89. The molecule has 0 spiro atoms. The zero-order valence-corrected chi connectivity index (χ0v) is 12.5. The quantitative estimate of drug-likeness (QED) is 0.890. The molecule has 6 heteroatoms. The first kappa shape index (κ1) is 15.8. The third-order valence-corrected chi connectivity index (χ3v) is 3.15. The summed E-state index contributed by atoms with van der Waals surface area (Å²) in [5.74, 6) is -0.199. The summed E-state index contributed by atoms with van der Waals surface area (Å²) in [7, 11) is 0. The topological polar surface area (TPSA) is 77.2 Å². The van der Waals surface area contributed by atoms with E-state index in [0.29, 0.717) is 23.6 Å². The molecule has 2 aromatic rings. The Balaban J connectivity index is 2.08. The van der Waals surface area contributed by atoms with Gasteiger partial charge in [0.15, 0.2) is 11.6 Å². The van der Waals surface area contributed by atoms with Gasteiger partial charge in [0.1, 0.15) is 5.82 Å². The number of hydrogen-bond donors (Lipinski definition) is 2. The van der Waals surface area contributed by atoms with Gasteiger partial charge in [-0.1, -0.05) is 6.07 Å². The van der Waals surface area contributed by atoms with E-state index in [-0.39, 0.29) is 17.7 Å². The van der Waals surface area contributed by atoms with Crippen LogP contribution in [0.2, 0.25) is 0 Å². The van der Waals surface area contributed by atoms with Crippen LogP contribution < -0.4 is 15.8 Å². The van der Waals surface area contributed by atoms with Crippen molar-refractivity contribution in [3.05, 3.63) is 53.5 Å². The van der Waals surface area contributed by atoms with E-state index in [9.17, 15) is 9.18 Å². The Morgan fingerprint density at radius 1 is 1.41 bits per heavy atom. The largest absolute Gasteiger partial charge is 0.491 e. The van der Waals surface area contributed by atoms with Gasteiger partial charge in [0.2, 0.25) is 0 Å². The number of hydrogen-bond acceptors (Lipinski definition) is 4. The van der Waals surface area contributed by atoms with Crippen LogP contribution in [0.3, 0.4) is 0 Å². The molecule has 0 aliphatic carbocycles. The zero-order chi connectivity index (χ0) is 16.1. The van der Waals surface area contributed by atoms with Gasteiger partial charge in [0.05, 0.1) is 18.2 Å². The first-order valence-electron chi connectivity index (χ1n) is 6.96. The molecule has 0 unspecified atom stereocenters. The standard InChI is InChI=1S/C16H18FN3O2/c1-3-22-14-6-4-11(8-13(14)17)10(2)20-16(21)12-5-7-15(18)19-9-12/h4-10H,3H2,1-2H3,(H2,18,19)(H,20,21)/t10-/m1/s1. The molecule has 1 atom stereocenters. The third-order valence-electron chi connectivity index (χ3n) is 3.15. The van der Waals surface area contributed by atoms with Crippen molar-refractivity contribution in [1.82, 2.24) is 10.3 Å². The highest BCUT2D eigenvalue weighted by Gasteiger charge is 2.14. The number of ether oxygens (including phenoxy) is 1. The van der Waals surface area contributed by atoms with Crippen molar-refractivity contribution < 1.29 is 13.9 Å². The highest BCUT2D eigenvalue weighted by Crippen LogP contribution is 2.22. The molecular formula is C16H18FN3O2. The van der Waals surface area contributed by atoms with E-state index in [0.717, 1.165) is 0 Å². The van der Waals surface area contributed by atoms with Crippen LogP contribution in [0.1, 0.15) is 35.8 Å². The number of halogens is 1. The van der Waals surface area contributed by atoms with Gasteiger partial charge in [-0.05, 0) is 43.7 Å². The molecule has 22 heavy (non-hydrogen) atoms. The van der Waals surface area contributed by atoms with E-state index < -0.39 is 5.82 Å². The minimum Gasteiger partial charge on any atom is -0.491 e. The molecule has 1 amide bonds. The van der Waals surface area contributed by atoms with E-state index in [2.05, 4.69) is 10.3 Å². The van der Waals surface area contributed by atoms with Crippen LogP contribution in [0.5, 0.6) is 5.75 Å². The van der Waals surface area contributed by atoms with Gasteiger partial charge in [-0.15, -0.1) is 0 Å². The number of pyridine rings is 1. The minimum atomic E-state index is -0.449. The molecule has 1 heterocycles. The second-order valence-electron chi connectivity index (χ2n) is 4.79. The van der Waals surface area contributed by atoms with Gasteiger partial charge in [-0.3, -0.25) is 4.79 Å². The number of nitrogen functional groups attached to an aromatic ring is 1. The monoisotopic (exact) mass is 303 g/mol. The SMILES string of the molecule is CCOc1ccc([C@@H](C)NC(=O)c2ccc(N)nc2)cc1F. The van der Waals surface area contributed by atoms with Crippen molar-refractivity contribution in [3.63, 3.8) is 0 Å². The van der Waals surface area contributed by atoms with Gasteiger partial charge in [-0.2, -0.15) is 0 Å². The van der Waals surface area contributed by atoms with E-state index in [4.69, 9.17) is 10.5 Å². The highest BCUT2D eigenvalue weighted by molar-refractivity contribution is 5.94. The van der Waals surface area contributed by atoms with Crippen LogP contribution in [-0.4, -0.2) is 17.5 Å². The average molecular weight is 303 g/mol. The van der Waals surface area contributed by atoms with Crippen LogP contribution in [0.4, 0.5) is 10.2 Å². The van der Waals surface area contributed by atoms with E-state index in [1.165, 1.54) is 12.3 Å². The van der Waals surface area contributed by atoms with Crippen LogP contribution in [-0.2, 0) is 0 Å². The Morgan fingerprint density at radius 3 is 2.77 bits per heavy atom. The van der Waals surface area contributed by atoms with E-state index in [1.54, 1.807) is 38.1 Å². The van der Waals surface area contributed by atoms with Gasteiger partial charge >= 0.3 is 0 Å². The smallest absolute Gasteiger partial charge is 0.253 e. The maximum absolute atomic E-state index is 13.8. The lowest BCUT2D eigenvalue weighted by atomic mass is 10.1. The van der Waals surface area contributed by atoms with Crippen LogP contribution in [0, 0.1) is 5.82 Å². The van der Waals surface area contributed by atoms with Crippen molar-refractivity contribution in [2.75, 3.05) is 12.3 Å². The summed E-state index contributed by atoms with van der Waals surface area (Å²) in [5, 5.41) is 2.78. The summed E-state index contributed by atoms with van der Waals surface area (Å²) in [6.45, 7) is 3.96. The van der Waals surface area contributed by atoms with Gasteiger partial charge < -0.3 is 15.8 Å². The fourth-order valence-corrected chi connectivity index (χ4v) is 1.96. The van der Waals surface area contributed by atoms with Crippen LogP contribution >= 0.6 is 0 Å². The first-order chi connectivity index (χ1) is 10.5. The summed E-state index contributed by atoms with van der Waals surface area (Å²) in [6.07, 6.45) is 1.40. The number of amides is 1. The molecule has 0 bridgehead atoms. The molecule has 5 nitrogen and oxygen atoms in total. The summed E-state index contributed by atoms with van der Waals surface area (Å²) >= 11 is 0. The fraction of sp³-hybridized carbons (Fsp3) is 0.250. The molecule has 2 rings (SSSR count). The molecule has 0 radical (unpaired) electrons. The fourth-order valence-electron chi connectivity index (χ4n) is 1.96. The molecule has 3 N–H and O–H groups in total. The number of nitrogens with zero attached hydrogens (tertiary/aromatic N) is 1. The highest BCUT2D eigenvalue weighted by atomic mass is 19.1. The number of carbonyl (C=O) groups is 1. The Bertz CT molecular complexity index is 659. The molecule has 116 valence electrons. The number of anilines is 1. The lowest BCUT2D eigenvalue weighted by Crippen LogP contribution is -2.26. The van der Waals surface area contributed by atoms with Crippen molar-refractivity contribution in [1.29, 1.82) is 0 Å². The number of rotatable bonds is 5. The molecule has 0 saturated heterocycles. The van der Waals surface area contributed by atoms with Crippen molar-refractivity contribution >= 4 is 11.7 Å². The molecule has 0 aliphatic heterocycles. The molecule has 0 aliphatic rings. The maximum atomic E-state index is 13.8. The normalized spacial score (nSPS) is 11.8. The van der Waals surface area contributed by atoms with E-state index >= 15 is 0 Å². The van der Waals surface area contributed by atoms with Crippen molar-refractivity contribution in [2.45, 2.75) is 19.9 Å². The number of benzene rings is 1. The Morgan fingerprint density at radius 2 is 2.18 bits per heavy atom. The van der Waals surface area contributed by atoms with Crippen LogP contribution in [0.15, 0.2) is 36.5 Å². The Labute approximate surface area is 128 Å². The number of aromatic nitrogens is 1. The number of nitrogens with one attached hydrogen (secondary N) is 1. The van der Waals surface area contributed by atoms with Gasteiger partial charge in [-0.25, -0.2) is 9.37 Å². The predicted octanol–water partition coefficient (Wildman–Crippen LogP) is 2.69. The van der Waals surface area contributed by atoms with E-state index in [1.807, 2.05) is 0 Å². The summed E-state index contributed by atoms with van der Waals surface area (Å²) in [4.78, 5) is 16.0. The molecule has 1 aromatic carbocycles. The lowest BCUT2D eigenvalue weighted by Gasteiger charge is -2.15. The Kier molecular flexibility index (Phi) is 4.93. The lowest BCUT2D eigenvalue weighted by molar-refractivity contribution is 0.0939. The maximum Gasteiger partial charge on any atom is 0.253 e.